The molecule has 0 saturated heterocycles. The van der Waals surface area contributed by atoms with E-state index in [9.17, 15) is 5.11 Å². The molecule has 0 amide bonds. The number of hydrogen-bond acceptors (Lipinski definition) is 2. The Labute approximate surface area is 101 Å². The van der Waals surface area contributed by atoms with Crippen LogP contribution in [0.15, 0.2) is 30.5 Å². The van der Waals surface area contributed by atoms with E-state index >= 15 is 0 Å². The van der Waals surface area contributed by atoms with Crippen LogP contribution in [0.25, 0.3) is 11.4 Å². The molecule has 0 saturated carbocycles. The molecule has 0 aliphatic carbocycles. The summed E-state index contributed by atoms with van der Waals surface area (Å²) >= 11 is 0. The van der Waals surface area contributed by atoms with Crippen molar-refractivity contribution in [3.05, 3.63) is 36.2 Å². The minimum Gasteiger partial charge on any atom is -0.508 e. The summed E-state index contributed by atoms with van der Waals surface area (Å²) in [7, 11) is 0. The number of benzene rings is 1. The van der Waals surface area contributed by atoms with Crippen molar-refractivity contribution < 1.29 is 5.11 Å². The lowest BCUT2D eigenvalue weighted by Crippen LogP contribution is -2.13. The zero-order chi connectivity index (χ0) is 11.8. The molecule has 1 N–H and O–H groups in total. The summed E-state index contributed by atoms with van der Waals surface area (Å²) in [5.74, 6) is 1.92. The van der Waals surface area contributed by atoms with E-state index in [4.69, 9.17) is 0 Å². The second kappa shape index (κ2) is 3.91. The van der Waals surface area contributed by atoms with Crippen LogP contribution in [-0.4, -0.2) is 14.7 Å². The van der Waals surface area contributed by atoms with Crippen LogP contribution < -0.4 is 0 Å². The second-order valence-corrected chi connectivity index (χ2v) is 4.75. The summed E-state index contributed by atoms with van der Waals surface area (Å²) in [6.07, 6.45) is 4.46. The normalized spacial score (nSPS) is 19.0. The lowest BCUT2D eigenvalue weighted by Gasteiger charge is -2.22. The smallest absolute Gasteiger partial charge is 0.140 e. The molecule has 0 spiro atoms. The highest BCUT2D eigenvalue weighted by molar-refractivity contribution is 5.57. The van der Waals surface area contributed by atoms with E-state index in [0.717, 1.165) is 17.9 Å². The van der Waals surface area contributed by atoms with Gasteiger partial charge in [0.2, 0.25) is 0 Å². The summed E-state index contributed by atoms with van der Waals surface area (Å²) in [6, 6.07) is 7.26. The Balaban J connectivity index is 2.07. The molecule has 2 aromatic rings. The molecular formula is C14H16N2O. The predicted octanol–water partition coefficient (Wildman–Crippen LogP) is 3.15. The molecule has 0 bridgehead atoms. The molecule has 1 unspecified atom stereocenters. The third-order valence-electron chi connectivity index (χ3n) is 3.54. The van der Waals surface area contributed by atoms with Crippen LogP contribution in [0.1, 0.15) is 31.4 Å². The van der Waals surface area contributed by atoms with E-state index in [1.54, 1.807) is 12.1 Å². The lowest BCUT2D eigenvalue weighted by atomic mass is 9.98. The van der Waals surface area contributed by atoms with Gasteiger partial charge in [0.25, 0.3) is 0 Å². The third-order valence-corrected chi connectivity index (χ3v) is 3.54. The maximum Gasteiger partial charge on any atom is 0.140 e. The molecule has 1 aromatic heterocycles. The maximum atomic E-state index is 9.31. The molecule has 3 heteroatoms. The molecule has 3 rings (SSSR count). The fourth-order valence-corrected chi connectivity index (χ4v) is 2.56. The average Bonchev–Trinajstić information content (AvgIpc) is 2.75. The molecule has 1 aromatic carbocycles. The standard InChI is InChI=1S/C14H16N2O/c1-10-3-2-8-16-13(10)9-15-14(16)11-4-6-12(17)7-5-11/h4-7,9-10,17H,2-3,8H2,1H3. The van der Waals surface area contributed by atoms with Crippen LogP contribution in [0, 0.1) is 0 Å². The molecule has 0 radical (unpaired) electrons. The second-order valence-electron chi connectivity index (χ2n) is 4.75. The summed E-state index contributed by atoms with van der Waals surface area (Å²) in [6.45, 7) is 3.31. The van der Waals surface area contributed by atoms with Crippen molar-refractivity contribution in [2.75, 3.05) is 0 Å². The lowest BCUT2D eigenvalue weighted by molar-refractivity contribution is 0.474. The van der Waals surface area contributed by atoms with Gasteiger partial charge >= 0.3 is 0 Å². The van der Waals surface area contributed by atoms with Crippen molar-refractivity contribution in [3.8, 4) is 17.1 Å². The fourth-order valence-electron chi connectivity index (χ4n) is 2.56. The SMILES string of the molecule is CC1CCCn2c1cnc2-c1ccc(O)cc1. The number of aromatic nitrogens is 2. The first-order chi connectivity index (χ1) is 8.25. The molecule has 1 aliphatic heterocycles. The molecule has 1 aliphatic rings. The number of imidazole rings is 1. The van der Waals surface area contributed by atoms with Gasteiger partial charge in [0, 0.05) is 24.0 Å². The van der Waals surface area contributed by atoms with Crippen LogP contribution in [0.4, 0.5) is 0 Å². The van der Waals surface area contributed by atoms with Crippen molar-refractivity contribution in [1.29, 1.82) is 0 Å². The van der Waals surface area contributed by atoms with Gasteiger partial charge in [-0.3, -0.25) is 0 Å². The molecule has 17 heavy (non-hydrogen) atoms. The van der Waals surface area contributed by atoms with Crippen LogP contribution in [0.5, 0.6) is 5.75 Å². The predicted molar refractivity (Wildman–Crippen MR) is 67.0 cm³/mol. The van der Waals surface area contributed by atoms with Gasteiger partial charge < -0.3 is 9.67 Å². The third kappa shape index (κ3) is 1.71. The number of nitrogens with zero attached hydrogens (tertiary/aromatic N) is 2. The number of aromatic hydroxyl groups is 1. The van der Waals surface area contributed by atoms with E-state index in [2.05, 4.69) is 16.5 Å². The largest absolute Gasteiger partial charge is 0.508 e. The quantitative estimate of drug-likeness (QED) is 0.814. The minimum atomic E-state index is 0.299. The Morgan fingerprint density at radius 2 is 2.06 bits per heavy atom. The first-order valence-electron chi connectivity index (χ1n) is 6.10. The molecule has 1 atom stereocenters. The van der Waals surface area contributed by atoms with Crippen molar-refractivity contribution in [3.63, 3.8) is 0 Å². The number of rotatable bonds is 1. The highest BCUT2D eigenvalue weighted by Crippen LogP contribution is 2.31. The Bertz CT molecular complexity index is 528. The monoisotopic (exact) mass is 228 g/mol. The molecule has 0 fully saturated rings. The van der Waals surface area contributed by atoms with Crippen LogP contribution in [-0.2, 0) is 6.54 Å². The molecule has 2 heterocycles. The first-order valence-corrected chi connectivity index (χ1v) is 6.10. The van der Waals surface area contributed by atoms with E-state index in [1.807, 2.05) is 18.3 Å². The van der Waals surface area contributed by atoms with Gasteiger partial charge in [0.05, 0.1) is 0 Å². The van der Waals surface area contributed by atoms with Crippen molar-refractivity contribution in [1.82, 2.24) is 9.55 Å². The average molecular weight is 228 g/mol. The Hall–Kier alpha value is -1.77. The summed E-state index contributed by atoms with van der Waals surface area (Å²) in [4.78, 5) is 4.53. The number of phenols is 1. The van der Waals surface area contributed by atoms with Gasteiger partial charge in [-0.25, -0.2) is 4.98 Å². The zero-order valence-electron chi connectivity index (χ0n) is 9.93. The number of hydrogen-bond donors (Lipinski definition) is 1. The minimum absolute atomic E-state index is 0.299. The summed E-state index contributed by atoms with van der Waals surface area (Å²) < 4.78 is 2.31. The van der Waals surface area contributed by atoms with E-state index in [-0.39, 0.29) is 0 Å². The highest BCUT2D eigenvalue weighted by Gasteiger charge is 2.20. The molecular weight excluding hydrogens is 212 g/mol. The van der Waals surface area contributed by atoms with Gasteiger partial charge in [-0.15, -0.1) is 0 Å². The zero-order valence-corrected chi connectivity index (χ0v) is 9.93. The number of fused-ring (bicyclic) bond motifs is 1. The summed E-state index contributed by atoms with van der Waals surface area (Å²) in [5.41, 5.74) is 2.41. The Morgan fingerprint density at radius 1 is 1.29 bits per heavy atom. The van der Waals surface area contributed by atoms with Crippen LogP contribution in [0.2, 0.25) is 0 Å². The van der Waals surface area contributed by atoms with E-state index in [0.29, 0.717) is 11.7 Å². The summed E-state index contributed by atoms with van der Waals surface area (Å²) in [5, 5.41) is 9.31. The topological polar surface area (TPSA) is 38.0 Å². The number of phenolic OH excluding ortho intramolecular Hbond substituents is 1. The van der Waals surface area contributed by atoms with Crippen LogP contribution in [0.3, 0.4) is 0 Å². The van der Waals surface area contributed by atoms with Gasteiger partial charge in [-0.05, 0) is 43.0 Å². The molecule has 88 valence electrons. The highest BCUT2D eigenvalue weighted by atomic mass is 16.3. The Morgan fingerprint density at radius 3 is 2.82 bits per heavy atom. The van der Waals surface area contributed by atoms with Gasteiger partial charge in [-0.2, -0.15) is 0 Å². The van der Waals surface area contributed by atoms with Gasteiger partial charge in [0.15, 0.2) is 0 Å². The first kappa shape index (κ1) is 10.4. The molecule has 3 nitrogen and oxygen atoms in total. The maximum absolute atomic E-state index is 9.31. The Kier molecular flexibility index (Phi) is 2.39. The van der Waals surface area contributed by atoms with Crippen molar-refractivity contribution >= 4 is 0 Å². The van der Waals surface area contributed by atoms with Crippen molar-refractivity contribution in [2.45, 2.75) is 32.2 Å². The fraction of sp³-hybridized carbons (Fsp3) is 0.357. The van der Waals surface area contributed by atoms with Crippen LogP contribution >= 0.6 is 0 Å². The van der Waals surface area contributed by atoms with Gasteiger partial charge in [-0.1, -0.05) is 6.92 Å². The van der Waals surface area contributed by atoms with Crippen molar-refractivity contribution in [2.24, 2.45) is 0 Å². The van der Waals surface area contributed by atoms with Gasteiger partial charge in [0.1, 0.15) is 11.6 Å². The van der Waals surface area contributed by atoms with E-state index < -0.39 is 0 Å². The van der Waals surface area contributed by atoms with E-state index in [1.165, 1.54) is 18.5 Å².